The van der Waals surface area contributed by atoms with Crippen molar-refractivity contribution in [3.63, 3.8) is 0 Å². The zero-order valence-corrected chi connectivity index (χ0v) is 15.7. The number of hydrogen-bond donors (Lipinski definition) is 0. The van der Waals surface area contributed by atoms with Gasteiger partial charge in [0.25, 0.3) is 5.91 Å². The van der Waals surface area contributed by atoms with Gasteiger partial charge in [0.1, 0.15) is 19.0 Å². The number of aryl methyl sites for hydroxylation is 1. The maximum atomic E-state index is 12.6. The Morgan fingerprint density at radius 1 is 1.23 bits per heavy atom. The van der Waals surface area contributed by atoms with E-state index in [4.69, 9.17) is 25.8 Å². The molecule has 0 saturated heterocycles. The number of carbonyl (C=O) groups is 1. The molecule has 0 unspecified atom stereocenters. The molecule has 0 fully saturated rings. The number of likely N-dealkylation sites (N-methyl/N-ethyl adjacent to an activating group) is 1. The molecular weight excluding hydrogens is 354 g/mol. The minimum atomic E-state index is -0.0869. The molecule has 0 aliphatic carbocycles. The van der Waals surface area contributed by atoms with Gasteiger partial charge in [-0.1, -0.05) is 23.7 Å². The standard InChI is InChI=1S/C20H22ClNO4/c1-3-22(12-15-5-4-6-18-20(15)25-10-9-24-18)19(23)13-26-17-8-7-16(21)11-14(17)2/h4-8,11H,3,9-10,12-13H2,1-2H3. The molecule has 5 nitrogen and oxygen atoms in total. The molecule has 1 aliphatic rings. The number of carbonyl (C=O) groups excluding carboxylic acids is 1. The Labute approximate surface area is 158 Å². The van der Waals surface area contributed by atoms with Crippen LogP contribution in [0.15, 0.2) is 36.4 Å². The van der Waals surface area contributed by atoms with Crippen LogP contribution >= 0.6 is 11.6 Å². The molecule has 0 saturated carbocycles. The second kappa shape index (κ2) is 8.32. The van der Waals surface area contributed by atoms with E-state index in [0.717, 1.165) is 22.6 Å². The zero-order chi connectivity index (χ0) is 18.5. The number of benzene rings is 2. The second-order valence-corrected chi connectivity index (χ2v) is 6.48. The molecule has 1 heterocycles. The summed E-state index contributed by atoms with van der Waals surface area (Å²) in [7, 11) is 0. The monoisotopic (exact) mass is 375 g/mol. The van der Waals surface area contributed by atoms with Gasteiger partial charge in [0.05, 0.1) is 0 Å². The average Bonchev–Trinajstić information content (AvgIpc) is 2.65. The average molecular weight is 376 g/mol. The van der Waals surface area contributed by atoms with Crippen LogP contribution in [-0.4, -0.2) is 37.2 Å². The van der Waals surface area contributed by atoms with Crippen molar-refractivity contribution in [2.45, 2.75) is 20.4 Å². The fourth-order valence-electron chi connectivity index (χ4n) is 2.85. The summed E-state index contributed by atoms with van der Waals surface area (Å²) in [6.45, 7) is 5.90. The van der Waals surface area contributed by atoms with E-state index in [1.807, 2.05) is 38.1 Å². The van der Waals surface area contributed by atoms with Crippen LogP contribution in [-0.2, 0) is 11.3 Å². The molecule has 1 aliphatic heterocycles. The van der Waals surface area contributed by atoms with Crippen molar-refractivity contribution >= 4 is 17.5 Å². The highest BCUT2D eigenvalue weighted by molar-refractivity contribution is 6.30. The molecule has 0 N–H and O–H groups in total. The molecule has 3 rings (SSSR count). The van der Waals surface area contributed by atoms with E-state index in [1.54, 1.807) is 17.0 Å². The lowest BCUT2D eigenvalue weighted by Gasteiger charge is -2.25. The Balaban J connectivity index is 1.66. The first-order valence-electron chi connectivity index (χ1n) is 8.62. The third-order valence-electron chi connectivity index (χ3n) is 4.23. The summed E-state index contributed by atoms with van der Waals surface area (Å²) in [4.78, 5) is 14.3. The van der Waals surface area contributed by atoms with Gasteiger partial charge in [-0.3, -0.25) is 4.79 Å². The van der Waals surface area contributed by atoms with Gasteiger partial charge < -0.3 is 19.1 Å². The zero-order valence-electron chi connectivity index (χ0n) is 15.0. The minimum Gasteiger partial charge on any atom is -0.486 e. The van der Waals surface area contributed by atoms with Crippen LogP contribution in [0.4, 0.5) is 0 Å². The summed E-state index contributed by atoms with van der Waals surface area (Å²) in [5, 5.41) is 0.646. The molecule has 0 radical (unpaired) electrons. The Bertz CT molecular complexity index is 793. The third kappa shape index (κ3) is 4.22. The summed E-state index contributed by atoms with van der Waals surface area (Å²) >= 11 is 5.95. The van der Waals surface area contributed by atoms with E-state index < -0.39 is 0 Å². The van der Waals surface area contributed by atoms with Crippen molar-refractivity contribution in [3.05, 3.63) is 52.5 Å². The first-order chi connectivity index (χ1) is 12.6. The highest BCUT2D eigenvalue weighted by Gasteiger charge is 2.20. The van der Waals surface area contributed by atoms with Crippen LogP contribution in [0, 0.1) is 6.92 Å². The van der Waals surface area contributed by atoms with Gasteiger partial charge in [-0.25, -0.2) is 0 Å². The van der Waals surface area contributed by atoms with Crippen LogP contribution in [0.2, 0.25) is 5.02 Å². The summed E-state index contributed by atoms with van der Waals surface area (Å²) in [5.41, 5.74) is 1.83. The molecular formula is C20H22ClNO4. The third-order valence-corrected chi connectivity index (χ3v) is 4.47. The van der Waals surface area contributed by atoms with E-state index in [9.17, 15) is 4.79 Å². The van der Waals surface area contributed by atoms with Crippen LogP contribution in [0.25, 0.3) is 0 Å². The molecule has 0 aromatic heterocycles. The van der Waals surface area contributed by atoms with E-state index in [0.29, 0.717) is 37.1 Å². The molecule has 6 heteroatoms. The highest BCUT2D eigenvalue weighted by Crippen LogP contribution is 2.34. The molecule has 26 heavy (non-hydrogen) atoms. The summed E-state index contributed by atoms with van der Waals surface area (Å²) in [6.07, 6.45) is 0. The molecule has 2 aromatic carbocycles. The van der Waals surface area contributed by atoms with Gasteiger partial charge in [-0.15, -0.1) is 0 Å². The maximum absolute atomic E-state index is 12.6. The van der Waals surface area contributed by atoms with Crippen molar-refractivity contribution in [3.8, 4) is 17.2 Å². The fraction of sp³-hybridized carbons (Fsp3) is 0.350. The molecule has 1 amide bonds. The van der Waals surface area contributed by atoms with Gasteiger partial charge in [0.15, 0.2) is 18.1 Å². The molecule has 0 bridgehead atoms. The van der Waals surface area contributed by atoms with E-state index in [1.165, 1.54) is 0 Å². The highest BCUT2D eigenvalue weighted by atomic mass is 35.5. The van der Waals surface area contributed by atoms with Gasteiger partial charge in [0, 0.05) is 23.7 Å². The molecule has 0 spiro atoms. The van der Waals surface area contributed by atoms with Gasteiger partial charge in [-0.2, -0.15) is 0 Å². The normalized spacial score (nSPS) is 12.6. The van der Waals surface area contributed by atoms with Crippen molar-refractivity contribution < 1.29 is 19.0 Å². The fourth-order valence-corrected chi connectivity index (χ4v) is 3.07. The topological polar surface area (TPSA) is 48.0 Å². The summed E-state index contributed by atoms with van der Waals surface area (Å²) < 4.78 is 17.0. The first-order valence-corrected chi connectivity index (χ1v) is 9.00. The van der Waals surface area contributed by atoms with Gasteiger partial charge in [-0.05, 0) is 43.7 Å². The van der Waals surface area contributed by atoms with Gasteiger partial charge >= 0.3 is 0 Å². The Morgan fingerprint density at radius 3 is 2.81 bits per heavy atom. The number of para-hydroxylation sites is 1. The Hall–Kier alpha value is -2.40. The quantitative estimate of drug-likeness (QED) is 0.769. The predicted molar refractivity (Wildman–Crippen MR) is 100 cm³/mol. The first kappa shape index (κ1) is 18.4. The number of fused-ring (bicyclic) bond motifs is 1. The van der Waals surface area contributed by atoms with E-state index >= 15 is 0 Å². The minimum absolute atomic E-state index is 0.0251. The smallest absolute Gasteiger partial charge is 0.260 e. The van der Waals surface area contributed by atoms with Crippen molar-refractivity contribution in [1.29, 1.82) is 0 Å². The number of amides is 1. The van der Waals surface area contributed by atoms with Crippen LogP contribution in [0.3, 0.4) is 0 Å². The van der Waals surface area contributed by atoms with Crippen LogP contribution in [0.1, 0.15) is 18.1 Å². The Morgan fingerprint density at radius 2 is 2.04 bits per heavy atom. The number of nitrogens with zero attached hydrogens (tertiary/aromatic N) is 1. The van der Waals surface area contributed by atoms with E-state index in [2.05, 4.69) is 0 Å². The Kier molecular flexibility index (Phi) is 5.89. The summed E-state index contributed by atoms with van der Waals surface area (Å²) in [5.74, 6) is 2.02. The maximum Gasteiger partial charge on any atom is 0.260 e. The van der Waals surface area contributed by atoms with Crippen LogP contribution < -0.4 is 14.2 Å². The predicted octanol–water partition coefficient (Wildman–Crippen LogP) is 3.85. The lowest BCUT2D eigenvalue weighted by molar-refractivity contribution is -0.133. The number of halogens is 1. The van der Waals surface area contributed by atoms with Gasteiger partial charge in [0.2, 0.25) is 0 Å². The summed E-state index contributed by atoms with van der Waals surface area (Å²) in [6, 6.07) is 11.1. The molecule has 138 valence electrons. The second-order valence-electron chi connectivity index (χ2n) is 6.05. The lowest BCUT2D eigenvalue weighted by Crippen LogP contribution is -2.34. The number of ether oxygens (including phenoxy) is 3. The largest absolute Gasteiger partial charge is 0.486 e. The van der Waals surface area contributed by atoms with Crippen molar-refractivity contribution in [2.75, 3.05) is 26.4 Å². The van der Waals surface area contributed by atoms with Crippen molar-refractivity contribution in [1.82, 2.24) is 4.90 Å². The molecule has 0 atom stereocenters. The number of hydrogen-bond acceptors (Lipinski definition) is 4. The lowest BCUT2D eigenvalue weighted by atomic mass is 10.1. The molecule has 2 aromatic rings. The van der Waals surface area contributed by atoms with Crippen molar-refractivity contribution in [2.24, 2.45) is 0 Å². The van der Waals surface area contributed by atoms with Crippen LogP contribution in [0.5, 0.6) is 17.2 Å². The van der Waals surface area contributed by atoms with E-state index in [-0.39, 0.29) is 12.5 Å². The number of rotatable bonds is 6. The SMILES string of the molecule is CCN(Cc1cccc2c1OCCO2)C(=O)COc1ccc(Cl)cc1C.